The number of esters is 1. The van der Waals surface area contributed by atoms with Gasteiger partial charge in [-0.05, 0) is 14.0 Å². The van der Waals surface area contributed by atoms with Crippen molar-refractivity contribution in [1.29, 1.82) is 0 Å². The first-order valence-electron chi connectivity index (χ1n) is 2.73. The molecule has 0 unspecified atom stereocenters. The predicted molar refractivity (Wildman–Crippen MR) is 36.1 cm³/mol. The minimum absolute atomic E-state index is 0.146. The Morgan fingerprint density at radius 2 is 2.33 bits per heavy atom. The number of thiol groups is 1. The van der Waals surface area contributed by atoms with Gasteiger partial charge in [0, 0.05) is 0 Å². The van der Waals surface area contributed by atoms with Gasteiger partial charge in [0.2, 0.25) is 5.56 Å². The van der Waals surface area contributed by atoms with Gasteiger partial charge in [0.15, 0.2) is 0 Å². The van der Waals surface area contributed by atoms with E-state index >= 15 is 0 Å². The van der Waals surface area contributed by atoms with Crippen LogP contribution in [0, 0.1) is 0 Å². The van der Waals surface area contributed by atoms with Crippen LogP contribution in [0.15, 0.2) is 0 Å². The van der Waals surface area contributed by atoms with Gasteiger partial charge in [-0.25, -0.2) is 4.90 Å². The van der Waals surface area contributed by atoms with Crippen molar-refractivity contribution >= 4 is 18.6 Å². The molecule has 1 aliphatic heterocycles. The first-order valence-corrected chi connectivity index (χ1v) is 3.25. The molecule has 0 N–H and O–H groups in total. The van der Waals surface area contributed by atoms with E-state index in [1.807, 2.05) is 0 Å². The maximum Gasteiger partial charge on any atom is 0.325 e. The second-order valence-corrected chi connectivity index (χ2v) is 2.55. The summed E-state index contributed by atoms with van der Waals surface area (Å²) >= 11 is 3.99. The van der Waals surface area contributed by atoms with Gasteiger partial charge >= 0.3 is 5.97 Å². The molecule has 3 nitrogen and oxygen atoms in total. The first-order chi connectivity index (χ1) is 4.13. The molecule has 0 spiro atoms. The van der Waals surface area contributed by atoms with E-state index in [-0.39, 0.29) is 17.6 Å². The molecule has 0 aromatic carbocycles. The Bertz CT molecular complexity index is 139. The summed E-state index contributed by atoms with van der Waals surface area (Å²) in [7, 11) is 1.80. The smallest absolute Gasteiger partial charge is 0.325 e. The van der Waals surface area contributed by atoms with E-state index < -0.39 is 0 Å². The Kier molecular flexibility index (Phi) is 1.68. The van der Waals surface area contributed by atoms with E-state index in [2.05, 4.69) is 12.6 Å². The SMILES string of the molecule is C[C@@H]1C(=O)O[C@H](S)N1C. The summed E-state index contributed by atoms with van der Waals surface area (Å²) in [6.07, 6.45) is 0. The molecule has 0 bridgehead atoms. The molecule has 0 radical (unpaired) electrons. The molecule has 1 saturated heterocycles. The monoisotopic (exact) mass is 147 g/mol. The van der Waals surface area contributed by atoms with E-state index in [9.17, 15) is 4.79 Å². The molecule has 1 heterocycles. The number of cyclic esters (lactones) is 1. The normalized spacial score (nSPS) is 37.0. The van der Waals surface area contributed by atoms with E-state index in [0.717, 1.165) is 0 Å². The van der Waals surface area contributed by atoms with Gasteiger partial charge in [0.05, 0.1) is 0 Å². The third-order valence-electron chi connectivity index (χ3n) is 1.52. The minimum atomic E-state index is -0.354. The average molecular weight is 147 g/mol. The second kappa shape index (κ2) is 2.19. The minimum Gasteiger partial charge on any atom is -0.436 e. The lowest BCUT2D eigenvalue weighted by Gasteiger charge is -2.12. The number of rotatable bonds is 0. The highest BCUT2D eigenvalue weighted by Gasteiger charge is 2.33. The summed E-state index contributed by atoms with van der Waals surface area (Å²) in [5.74, 6) is -0.197. The number of nitrogens with zero attached hydrogens (tertiary/aromatic N) is 1. The number of carbonyl (C=O) groups excluding carboxylic acids is 1. The molecular formula is C5H9NO2S. The van der Waals surface area contributed by atoms with Crippen molar-refractivity contribution in [2.24, 2.45) is 0 Å². The third kappa shape index (κ3) is 1.04. The summed E-state index contributed by atoms with van der Waals surface area (Å²) in [4.78, 5) is 12.4. The van der Waals surface area contributed by atoms with Crippen molar-refractivity contribution in [3.63, 3.8) is 0 Å². The molecule has 9 heavy (non-hydrogen) atoms. The highest BCUT2D eigenvalue weighted by molar-refractivity contribution is 7.80. The number of hydrogen-bond donors (Lipinski definition) is 1. The molecule has 0 aromatic rings. The molecule has 0 aromatic heterocycles. The molecule has 4 heteroatoms. The van der Waals surface area contributed by atoms with Crippen molar-refractivity contribution in [2.75, 3.05) is 7.05 Å². The Morgan fingerprint density at radius 1 is 1.78 bits per heavy atom. The summed E-state index contributed by atoms with van der Waals surface area (Å²) < 4.78 is 4.74. The van der Waals surface area contributed by atoms with Crippen LogP contribution >= 0.6 is 12.6 Å². The fourth-order valence-corrected chi connectivity index (χ4v) is 0.947. The maximum absolute atomic E-state index is 10.7. The number of ether oxygens (including phenoxy) is 1. The third-order valence-corrected chi connectivity index (χ3v) is 1.99. The van der Waals surface area contributed by atoms with Crippen molar-refractivity contribution in [2.45, 2.75) is 18.5 Å². The van der Waals surface area contributed by atoms with Gasteiger partial charge in [-0.15, -0.1) is 12.6 Å². The molecular weight excluding hydrogens is 138 g/mol. The van der Waals surface area contributed by atoms with Crippen LogP contribution in [-0.4, -0.2) is 29.5 Å². The standard InChI is InChI=1S/C5H9NO2S/c1-3-4(7)8-5(9)6(3)2/h3,5,9H,1-2H3/t3-,5-/m1/s1. The summed E-state index contributed by atoms with van der Waals surface area (Å²) in [5, 5.41) is 0. The second-order valence-electron chi connectivity index (χ2n) is 2.10. The number of carbonyl (C=O) groups is 1. The highest BCUT2D eigenvalue weighted by Crippen LogP contribution is 2.17. The van der Waals surface area contributed by atoms with Gasteiger partial charge in [-0.3, -0.25) is 4.79 Å². The van der Waals surface area contributed by atoms with Crippen LogP contribution in [-0.2, 0) is 9.53 Å². The average Bonchev–Trinajstić information content (AvgIpc) is 1.98. The fourth-order valence-electron chi connectivity index (χ4n) is 0.643. The first kappa shape index (κ1) is 6.89. The molecule has 2 atom stereocenters. The molecule has 0 saturated carbocycles. The van der Waals surface area contributed by atoms with Crippen LogP contribution in [0.2, 0.25) is 0 Å². The summed E-state index contributed by atoms with van der Waals surface area (Å²) in [5.41, 5.74) is -0.354. The Balaban J connectivity index is 2.65. The van der Waals surface area contributed by atoms with Gasteiger partial charge in [-0.1, -0.05) is 0 Å². The fraction of sp³-hybridized carbons (Fsp3) is 0.800. The molecule has 1 rings (SSSR count). The van der Waals surface area contributed by atoms with Gasteiger partial charge in [-0.2, -0.15) is 0 Å². The van der Waals surface area contributed by atoms with E-state index in [1.54, 1.807) is 18.9 Å². The molecule has 52 valence electrons. The van der Waals surface area contributed by atoms with Crippen LogP contribution < -0.4 is 0 Å². The van der Waals surface area contributed by atoms with Crippen LogP contribution in [0.25, 0.3) is 0 Å². The number of likely N-dealkylation sites (N-methyl/N-ethyl adjacent to an activating group) is 1. The zero-order valence-corrected chi connectivity index (χ0v) is 6.26. The molecule has 1 fully saturated rings. The van der Waals surface area contributed by atoms with Crippen molar-refractivity contribution in [1.82, 2.24) is 4.90 Å². The van der Waals surface area contributed by atoms with Gasteiger partial charge in [0.1, 0.15) is 6.04 Å². The van der Waals surface area contributed by atoms with E-state index in [0.29, 0.717) is 0 Å². The lowest BCUT2D eigenvalue weighted by Crippen LogP contribution is -2.28. The molecule has 0 amide bonds. The highest BCUT2D eigenvalue weighted by atomic mass is 32.1. The van der Waals surface area contributed by atoms with E-state index in [1.165, 1.54) is 0 Å². The Hall–Kier alpha value is -0.220. The molecule has 1 aliphatic rings. The van der Waals surface area contributed by atoms with E-state index in [4.69, 9.17) is 4.74 Å². The lowest BCUT2D eigenvalue weighted by molar-refractivity contribution is -0.139. The zero-order valence-electron chi connectivity index (χ0n) is 5.37. The van der Waals surface area contributed by atoms with Crippen LogP contribution in [0.5, 0.6) is 0 Å². The van der Waals surface area contributed by atoms with Crippen molar-refractivity contribution in [3.05, 3.63) is 0 Å². The van der Waals surface area contributed by atoms with Crippen LogP contribution in [0.3, 0.4) is 0 Å². The Labute approximate surface area is 59.4 Å². The number of hydrogen-bond acceptors (Lipinski definition) is 4. The van der Waals surface area contributed by atoms with Gasteiger partial charge in [0.25, 0.3) is 0 Å². The van der Waals surface area contributed by atoms with Crippen LogP contribution in [0.1, 0.15) is 6.92 Å². The maximum atomic E-state index is 10.7. The largest absolute Gasteiger partial charge is 0.436 e. The van der Waals surface area contributed by atoms with Crippen molar-refractivity contribution < 1.29 is 9.53 Å². The van der Waals surface area contributed by atoms with Crippen LogP contribution in [0.4, 0.5) is 0 Å². The topological polar surface area (TPSA) is 29.5 Å². The lowest BCUT2D eigenvalue weighted by atomic mass is 10.3. The summed E-state index contributed by atoms with van der Waals surface area (Å²) in [6, 6.07) is -0.146. The predicted octanol–water partition coefficient (Wildman–Crippen LogP) is 0.0769. The van der Waals surface area contributed by atoms with Gasteiger partial charge < -0.3 is 4.74 Å². The Morgan fingerprint density at radius 3 is 2.44 bits per heavy atom. The zero-order chi connectivity index (χ0) is 7.02. The quantitative estimate of drug-likeness (QED) is 0.388. The summed E-state index contributed by atoms with van der Waals surface area (Å²) in [6.45, 7) is 1.79. The van der Waals surface area contributed by atoms with Crippen molar-refractivity contribution in [3.8, 4) is 0 Å². The molecule has 0 aliphatic carbocycles.